The third-order valence-electron chi connectivity index (χ3n) is 4.64. The van der Waals surface area contributed by atoms with Gasteiger partial charge in [-0.15, -0.1) is 0 Å². The van der Waals surface area contributed by atoms with E-state index in [0.717, 1.165) is 12.4 Å². The molecule has 1 aliphatic rings. The molecule has 0 aliphatic heterocycles. The molecule has 1 aromatic carbocycles. The van der Waals surface area contributed by atoms with Crippen molar-refractivity contribution in [3.63, 3.8) is 0 Å². The van der Waals surface area contributed by atoms with Gasteiger partial charge < -0.3 is 19.1 Å². The van der Waals surface area contributed by atoms with Gasteiger partial charge in [-0.05, 0) is 51.6 Å². The predicted molar refractivity (Wildman–Crippen MR) is 92.7 cm³/mol. The van der Waals surface area contributed by atoms with Gasteiger partial charge in [0.25, 0.3) is 0 Å². The van der Waals surface area contributed by atoms with Gasteiger partial charge in [0, 0.05) is 25.7 Å². The summed E-state index contributed by atoms with van der Waals surface area (Å²) in [7, 11) is 5.96. The van der Waals surface area contributed by atoms with Crippen molar-refractivity contribution in [2.24, 2.45) is 5.92 Å². The molecule has 0 heterocycles. The number of nitrogens with zero attached hydrogens (tertiary/aromatic N) is 1. The average molecular weight is 321 g/mol. The van der Waals surface area contributed by atoms with E-state index < -0.39 is 0 Å². The van der Waals surface area contributed by atoms with E-state index in [1.54, 1.807) is 7.11 Å². The first kappa shape index (κ1) is 18.2. The van der Waals surface area contributed by atoms with E-state index in [1.807, 2.05) is 6.07 Å². The van der Waals surface area contributed by atoms with Gasteiger partial charge in [-0.2, -0.15) is 0 Å². The summed E-state index contributed by atoms with van der Waals surface area (Å²) in [5.74, 6) is 1.39. The molecule has 3 unspecified atom stereocenters. The van der Waals surface area contributed by atoms with Gasteiger partial charge in [0.2, 0.25) is 0 Å². The Labute approximate surface area is 140 Å². The molecule has 0 bridgehead atoms. The Morgan fingerprint density at radius 1 is 1.22 bits per heavy atom. The van der Waals surface area contributed by atoms with Crippen LogP contribution in [0.5, 0.6) is 5.75 Å². The number of rotatable bonds is 8. The zero-order valence-electron chi connectivity index (χ0n) is 15.0. The van der Waals surface area contributed by atoms with Crippen molar-refractivity contribution in [1.29, 1.82) is 0 Å². The standard InChI is InChI=1S/C19H31NO3/c1-5-22-18-12-7-6-11-17(18)19(20(2)3)15-9-8-10-16(13-15)23-14-21-4/h8-10,13,17-19H,5-7,11-12,14H2,1-4H3. The maximum Gasteiger partial charge on any atom is 0.188 e. The van der Waals surface area contributed by atoms with Crippen LogP contribution in [-0.2, 0) is 9.47 Å². The number of ether oxygens (including phenoxy) is 3. The van der Waals surface area contributed by atoms with Crippen molar-refractivity contribution in [1.82, 2.24) is 4.90 Å². The third kappa shape index (κ3) is 4.93. The molecule has 3 atom stereocenters. The summed E-state index contributed by atoms with van der Waals surface area (Å²) in [4.78, 5) is 2.32. The molecule has 1 aromatic rings. The van der Waals surface area contributed by atoms with Crippen LogP contribution in [-0.4, -0.2) is 45.6 Å². The van der Waals surface area contributed by atoms with Crippen LogP contribution in [0.25, 0.3) is 0 Å². The molecular formula is C19H31NO3. The minimum atomic E-state index is 0.279. The fourth-order valence-corrected chi connectivity index (χ4v) is 3.75. The lowest BCUT2D eigenvalue weighted by Crippen LogP contribution is -2.38. The maximum absolute atomic E-state index is 6.07. The lowest BCUT2D eigenvalue weighted by Gasteiger charge is -2.40. The lowest BCUT2D eigenvalue weighted by atomic mass is 9.78. The van der Waals surface area contributed by atoms with Gasteiger partial charge in [0.05, 0.1) is 6.10 Å². The van der Waals surface area contributed by atoms with Crippen LogP contribution < -0.4 is 4.74 Å². The summed E-state index contributed by atoms with van der Waals surface area (Å²) < 4.78 is 16.7. The molecule has 0 N–H and O–H groups in total. The summed E-state index contributed by atoms with van der Waals surface area (Å²) in [5, 5.41) is 0. The SMILES string of the molecule is CCOC1CCCCC1C(c1cccc(OCOC)c1)N(C)C. The second kappa shape index (κ2) is 9.26. The van der Waals surface area contributed by atoms with Crippen LogP contribution in [0.3, 0.4) is 0 Å². The summed E-state index contributed by atoms with van der Waals surface area (Å²) in [6, 6.07) is 8.73. The molecule has 0 aromatic heterocycles. The fourth-order valence-electron chi connectivity index (χ4n) is 3.75. The topological polar surface area (TPSA) is 30.9 Å². The Balaban J connectivity index is 2.22. The number of hydrogen-bond donors (Lipinski definition) is 0. The third-order valence-corrected chi connectivity index (χ3v) is 4.64. The quantitative estimate of drug-likeness (QED) is 0.680. The van der Waals surface area contributed by atoms with E-state index in [2.05, 4.69) is 44.1 Å². The van der Waals surface area contributed by atoms with Crippen molar-refractivity contribution >= 4 is 0 Å². The molecule has 1 aliphatic carbocycles. The van der Waals surface area contributed by atoms with Gasteiger partial charge in [0.1, 0.15) is 5.75 Å². The predicted octanol–water partition coefficient (Wildman–Crippen LogP) is 3.87. The first-order valence-electron chi connectivity index (χ1n) is 8.67. The Bertz CT molecular complexity index is 462. The van der Waals surface area contributed by atoms with Gasteiger partial charge in [-0.25, -0.2) is 0 Å². The largest absolute Gasteiger partial charge is 0.468 e. The van der Waals surface area contributed by atoms with Gasteiger partial charge in [-0.3, -0.25) is 0 Å². The highest BCUT2D eigenvalue weighted by molar-refractivity contribution is 5.31. The zero-order chi connectivity index (χ0) is 16.7. The monoisotopic (exact) mass is 321 g/mol. The summed E-state index contributed by atoms with van der Waals surface area (Å²) >= 11 is 0. The van der Waals surface area contributed by atoms with Crippen LogP contribution in [0.4, 0.5) is 0 Å². The average Bonchev–Trinajstić information content (AvgIpc) is 2.55. The number of hydrogen-bond acceptors (Lipinski definition) is 4. The highest BCUT2D eigenvalue weighted by Crippen LogP contribution is 2.39. The Morgan fingerprint density at radius 3 is 2.70 bits per heavy atom. The molecule has 0 radical (unpaired) electrons. The molecule has 0 spiro atoms. The van der Waals surface area contributed by atoms with E-state index in [9.17, 15) is 0 Å². The normalized spacial score (nSPS) is 23.0. The van der Waals surface area contributed by atoms with Gasteiger partial charge >= 0.3 is 0 Å². The van der Waals surface area contributed by atoms with Gasteiger partial charge in [-0.1, -0.05) is 25.0 Å². The van der Waals surface area contributed by atoms with Crippen molar-refractivity contribution in [3.05, 3.63) is 29.8 Å². The summed E-state index contributed by atoms with van der Waals surface area (Å²) in [5.41, 5.74) is 1.29. The minimum absolute atomic E-state index is 0.279. The molecule has 1 saturated carbocycles. The van der Waals surface area contributed by atoms with E-state index in [-0.39, 0.29) is 6.79 Å². The minimum Gasteiger partial charge on any atom is -0.468 e. The second-order valence-electron chi connectivity index (χ2n) is 6.47. The Kier molecular flexibility index (Phi) is 7.34. The highest BCUT2D eigenvalue weighted by atomic mass is 16.7. The summed E-state index contributed by atoms with van der Waals surface area (Å²) in [6.45, 7) is 3.16. The second-order valence-corrected chi connectivity index (χ2v) is 6.47. The van der Waals surface area contributed by atoms with E-state index in [4.69, 9.17) is 14.2 Å². The van der Waals surface area contributed by atoms with E-state index >= 15 is 0 Å². The number of methoxy groups -OCH3 is 1. The van der Waals surface area contributed by atoms with Crippen molar-refractivity contribution in [2.45, 2.75) is 44.8 Å². The van der Waals surface area contributed by atoms with Crippen LogP contribution in [0.15, 0.2) is 24.3 Å². The van der Waals surface area contributed by atoms with Crippen molar-refractivity contribution in [3.8, 4) is 5.75 Å². The van der Waals surface area contributed by atoms with Gasteiger partial charge in [0.15, 0.2) is 6.79 Å². The first-order valence-corrected chi connectivity index (χ1v) is 8.67. The van der Waals surface area contributed by atoms with Crippen LogP contribution >= 0.6 is 0 Å². The maximum atomic E-state index is 6.07. The van der Waals surface area contributed by atoms with E-state index in [1.165, 1.54) is 31.2 Å². The molecule has 0 saturated heterocycles. The Morgan fingerprint density at radius 2 is 2.00 bits per heavy atom. The van der Waals surface area contributed by atoms with E-state index in [0.29, 0.717) is 18.1 Å². The smallest absolute Gasteiger partial charge is 0.188 e. The van der Waals surface area contributed by atoms with Crippen LogP contribution in [0.2, 0.25) is 0 Å². The molecule has 1 fully saturated rings. The summed E-state index contributed by atoms with van der Waals surface area (Å²) in [6.07, 6.45) is 5.31. The number of benzene rings is 1. The Hall–Kier alpha value is -1.10. The zero-order valence-corrected chi connectivity index (χ0v) is 15.0. The molecule has 23 heavy (non-hydrogen) atoms. The molecular weight excluding hydrogens is 290 g/mol. The fraction of sp³-hybridized carbons (Fsp3) is 0.684. The highest BCUT2D eigenvalue weighted by Gasteiger charge is 2.34. The van der Waals surface area contributed by atoms with Crippen molar-refractivity contribution < 1.29 is 14.2 Å². The molecule has 4 heteroatoms. The first-order chi connectivity index (χ1) is 11.2. The lowest BCUT2D eigenvalue weighted by molar-refractivity contribution is -0.0326. The molecule has 130 valence electrons. The van der Waals surface area contributed by atoms with Crippen LogP contribution in [0.1, 0.15) is 44.2 Å². The van der Waals surface area contributed by atoms with Crippen molar-refractivity contribution in [2.75, 3.05) is 34.6 Å². The van der Waals surface area contributed by atoms with Crippen LogP contribution in [0, 0.1) is 5.92 Å². The molecule has 4 nitrogen and oxygen atoms in total. The molecule has 2 rings (SSSR count). The molecule has 0 amide bonds.